The molecule has 0 fully saturated rings. The molecule has 1 N–H and O–H groups in total. The maximum atomic E-state index is 4.22. The quantitative estimate of drug-likeness (QED) is 0.698. The first kappa shape index (κ1) is 11.7. The Morgan fingerprint density at radius 2 is 1.82 bits per heavy atom. The van der Waals surface area contributed by atoms with Crippen molar-refractivity contribution in [2.75, 3.05) is 5.43 Å². The predicted octanol–water partition coefficient (Wildman–Crippen LogP) is 3.08. The largest absolute Gasteiger partial charge is 0.278 e. The Labute approximate surface area is 108 Å². The molecule has 0 saturated heterocycles. The van der Waals surface area contributed by atoms with Crippen LogP contribution in [0.1, 0.15) is 12.7 Å². The first-order chi connectivity index (χ1) is 8.25. The predicted molar refractivity (Wildman–Crippen MR) is 72.0 cm³/mol. The Balaban J connectivity index is 2.08. The third kappa shape index (κ3) is 3.35. The molecular formula is C12H11BrN4. The summed E-state index contributed by atoms with van der Waals surface area (Å²) in [7, 11) is 0. The number of hydrazone groups is 1. The van der Waals surface area contributed by atoms with Gasteiger partial charge in [0, 0.05) is 16.9 Å². The van der Waals surface area contributed by atoms with E-state index in [0.29, 0.717) is 5.82 Å². The molecule has 0 radical (unpaired) electrons. The summed E-state index contributed by atoms with van der Waals surface area (Å²) in [6.07, 6.45) is 3.39. The highest BCUT2D eigenvalue weighted by Gasteiger charge is 1.98. The van der Waals surface area contributed by atoms with Gasteiger partial charge in [-0.15, -0.1) is 0 Å². The van der Waals surface area contributed by atoms with E-state index in [1.165, 1.54) is 0 Å². The van der Waals surface area contributed by atoms with Crippen LogP contribution >= 0.6 is 15.9 Å². The smallest absolute Gasteiger partial charge is 0.175 e. The minimum atomic E-state index is 0.622. The van der Waals surface area contributed by atoms with Crippen LogP contribution in [0, 0.1) is 0 Å². The van der Waals surface area contributed by atoms with Crippen molar-refractivity contribution in [2.24, 2.45) is 5.10 Å². The Hall–Kier alpha value is -1.75. The van der Waals surface area contributed by atoms with Crippen molar-refractivity contribution in [2.45, 2.75) is 6.92 Å². The highest BCUT2D eigenvalue weighted by atomic mass is 79.9. The Bertz CT molecular complexity index is 508. The summed E-state index contributed by atoms with van der Waals surface area (Å²) in [5.41, 5.74) is 4.62. The minimum Gasteiger partial charge on any atom is -0.278 e. The second kappa shape index (κ2) is 5.54. The maximum Gasteiger partial charge on any atom is 0.175 e. The number of nitrogens with one attached hydrogen (secondary N) is 1. The number of nitrogens with zero attached hydrogens (tertiary/aromatic N) is 3. The van der Waals surface area contributed by atoms with Crippen LogP contribution in [0.2, 0.25) is 0 Å². The lowest BCUT2D eigenvalue weighted by atomic mass is 10.3. The number of anilines is 1. The fourth-order valence-corrected chi connectivity index (χ4v) is 1.47. The van der Waals surface area contributed by atoms with Crippen LogP contribution in [0.4, 0.5) is 5.69 Å². The molecule has 86 valence electrons. The van der Waals surface area contributed by atoms with E-state index in [9.17, 15) is 0 Å². The summed E-state index contributed by atoms with van der Waals surface area (Å²) < 4.78 is 1.04. The summed E-state index contributed by atoms with van der Waals surface area (Å²) in [5.74, 6) is 0.622. The topological polar surface area (TPSA) is 50.2 Å². The molecule has 0 spiro atoms. The Morgan fingerprint density at radius 1 is 1.18 bits per heavy atom. The van der Waals surface area contributed by atoms with Crippen molar-refractivity contribution in [3.63, 3.8) is 0 Å². The van der Waals surface area contributed by atoms with Gasteiger partial charge in [-0.1, -0.05) is 15.9 Å². The number of halogens is 1. The van der Waals surface area contributed by atoms with E-state index in [2.05, 4.69) is 36.4 Å². The van der Waals surface area contributed by atoms with Gasteiger partial charge in [-0.05, 0) is 37.3 Å². The monoisotopic (exact) mass is 290 g/mol. The zero-order valence-electron chi connectivity index (χ0n) is 9.26. The van der Waals surface area contributed by atoms with Gasteiger partial charge >= 0.3 is 0 Å². The van der Waals surface area contributed by atoms with Crippen LogP contribution in [0.25, 0.3) is 0 Å². The molecule has 4 nitrogen and oxygen atoms in total. The lowest BCUT2D eigenvalue weighted by Crippen LogP contribution is -2.04. The Morgan fingerprint density at radius 3 is 2.47 bits per heavy atom. The van der Waals surface area contributed by atoms with Crippen molar-refractivity contribution in [1.82, 2.24) is 9.97 Å². The van der Waals surface area contributed by atoms with E-state index in [0.717, 1.165) is 15.9 Å². The molecule has 0 aliphatic rings. The molecule has 1 heterocycles. The molecule has 0 unspecified atom stereocenters. The molecular weight excluding hydrogens is 280 g/mol. The summed E-state index contributed by atoms with van der Waals surface area (Å²) >= 11 is 3.38. The van der Waals surface area contributed by atoms with Crippen molar-refractivity contribution in [1.29, 1.82) is 0 Å². The molecule has 0 amide bonds. The van der Waals surface area contributed by atoms with E-state index in [1.807, 2.05) is 31.2 Å². The average molecular weight is 291 g/mol. The molecule has 0 bridgehead atoms. The minimum absolute atomic E-state index is 0.622. The molecule has 0 atom stereocenters. The normalized spacial score (nSPS) is 11.3. The highest BCUT2D eigenvalue weighted by molar-refractivity contribution is 9.10. The van der Waals surface area contributed by atoms with E-state index in [-0.39, 0.29) is 0 Å². The number of hydrogen-bond acceptors (Lipinski definition) is 4. The van der Waals surface area contributed by atoms with Crippen LogP contribution in [0.15, 0.2) is 52.3 Å². The van der Waals surface area contributed by atoms with Gasteiger partial charge in [-0.25, -0.2) is 9.97 Å². The molecule has 2 rings (SSSR count). The van der Waals surface area contributed by atoms with Crippen molar-refractivity contribution in [3.8, 4) is 0 Å². The Kier molecular flexibility index (Phi) is 3.82. The summed E-state index contributed by atoms with van der Waals surface area (Å²) in [5, 5.41) is 4.22. The first-order valence-corrected chi connectivity index (χ1v) is 5.88. The SMILES string of the molecule is C/C(=N\Nc1ccc(Br)cc1)c1ncccn1. The molecule has 2 aromatic rings. The maximum absolute atomic E-state index is 4.22. The van der Waals surface area contributed by atoms with Gasteiger partial charge < -0.3 is 0 Å². The zero-order valence-corrected chi connectivity index (χ0v) is 10.8. The highest BCUT2D eigenvalue weighted by Crippen LogP contribution is 2.14. The summed E-state index contributed by atoms with van der Waals surface area (Å²) in [4.78, 5) is 8.23. The van der Waals surface area contributed by atoms with E-state index < -0.39 is 0 Å². The van der Waals surface area contributed by atoms with E-state index in [4.69, 9.17) is 0 Å². The van der Waals surface area contributed by atoms with Crippen LogP contribution in [-0.2, 0) is 0 Å². The molecule has 1 aromatic heterocycles. The molecule has 1 aromatic carbocycles. The number of aromatic nitrogens is 2. The van der Waals surface area contributed by atoms with Gasteiger partial charge in [0.25, 0.3) is 0 Å². The molecule has 0 aliphatic carbocycles. The third-order valence-electron chi connectivity index (χ3n) is 2.09. The van der Waals surface area contributed by atoms with Crippen molar-refractivity contribution in [3.05, 3.63) is 53.0 Å². The van der Waals surface area contributed by atoms with Gasteiger partial charge in [-0.3, -0.25) is 5.43 Å². The van der Waals surface area contributed by atoms with Crippen LogP contribution in [0.5, 0.6) is 0 Å². The molecule has 5 heteroatoms. The number of hydrogen-bond donors (Lipinski definition) is 1. The van der Waals surface area contributed by atoms with Crippen LogP contribution in [-0.4, -0.2) is 15.7 Å². The molecule has 0 saturated carbocycles. The van der Waals surface area contributed by atoms with Gasteiger partial charge in [0.15, 0.2) is 5.82 Å². The fourth-order valence-electron chi connectivity index (χ4n) is 1.21. The fraction of sp³-hybridized carbons (Fsp3) is 0.0833. The van der Waals surface area contributed by atoms with Gasteiger partial charge in [0.1, 0.15) is 5.71 Å². The summed E-state index contributed by atoms with van der Waals surface area (Å²) in [6, 6.07) is 9.55. The van der Waals surface area contributed by atoms with E-state index in [1.54, 1.807) is 18.5 Å². The average Bonchev–Trinajstić information content (AvgIpc) is 2.39. The third-order valence-corrected chi connectivity index (χ3v) is 2.61. The lowest BCUT2D eigenvalue weighted by molar-refractivity contribution is 1.12. The van der Waals surface area contributed by atoms with Gasteiger partial charge in [0.2, 0.25) is 0 Å². The molecule has 0 aliphatic heterocycles. The number of rotatable bonds is 3. The van der Waals surface area contributed by atoms with Crippen LogP contribution in [0.3, 0.4) is 0 Å². The number of benzene rings is 1. The second-order valence-electron chi connectivity index (χ2n) is 3.39. The second-order valence-corrected chi connectivity index (χ2v) is 4.30. The first-order valence-electron chi connectivity index (χ1n) is 5.09. The molecule has 17 heavy (non-hydrogen) atoms. The summed E-state index contributed by atoms with van der Waals surface area (Å²) in [6.45, 7) is 1.86. The van der Waals surface area contributed by atoms with Gasteiger partial charge in [-0.2, -0.15) is 5.10 Å². The van der Waals surface area contributed by atoms with E-state index >= 15 is 0 Å². The van der Waals surface area contributed by atoms with Gasteiger partial charge in [0.05, 0.1) is 5.69 Å². The zero-order chi connectivity index (χ0) is 12.1. The van der Waals surface area contributed by atoms with Crippen LogP contribution < -0.4 is 5.43 Å². The lowest BCUT2D eigenvalue weighted by Gasteiger charge is -2.02. The van der Waals surface area contributed by atoms with Crippen molar-refractivity contribution >= 4 is 27.3 Å². The standard InChI is InChI=1S/C12H11BrN4/c1-9(12-14-7-2-8-15-12)16-17-11-5-3-10(13)4-6-11/h2-8,17H,1H3/b16-9+. The van der Waals surface area contributed by atoms with Crippen molar-refractivity contribution < 1.29 is 0 Å².